The topological polar surface area (TPSA) is 67.8 Å². The van der Waals surface area contributed by atoms with Gasteiger partial charge in [0.15, 0.2) is 0 Å². The van der Waals surface area contributed by atoms with Crippen LogP contribution in [0.25, 0.3) is 11.1 Å². The van der Waals surface area contributed by atoms with Crippen molar-refractivity contribution in [2.75, 3.05) is 45.6 Å². The molecule has 3 atom stereocenters. The first-order valence-corrected chi connectivity index (χ1v) is 12.6. The van der Waals surface area contributed by atoms with Gasteiger partial charge in [0.2, 0.25) is 0 Å². The minimum absolute atomic E-state index is 0.0393. The molecule has 0 aliphatic carbocycles. The van der Waals surface area contributed by atoms with Crippen LogP contribution in [0.1, 0.15) is 11.1 Å². The van der Waals surface area contributed by atoms with E-state index in [0.717, 1.165) is 29.3 Å². The Bertz CT molecular complexity index is 1300. The van der Waals surface area contributed by atoms with Crippen molar-refractivity contribution in [1.82, 2.24) is 15.1 Å². The van der Waals surface area contributed by atoms with Crippen molar-refractivity contribution in [2.24, 2.45) is 11.8 Å². The monoisotopic (exact) mass is 524 g/mol. The molecule has 0 radical (unpaired) electrons. The molecule has 2 bridgehead atoms. The lowest BCUT2D eigenvalue weighted by Gasteiger charge is -2.55. The molecule has 0 spiro atoms. The lowest BCUT2D eigenvalue weighted by molar-refractivity contribution is -0.153. The smallest absolute Gasteiger partial charge is 0.321 e. The van der Waals surface area contributed by atoms with E-state index in [1.165, 1.54) is 6.07 Å². The first-order chi connectivity index (χ1) is 18.2. The first kappa shape index (κ1) is 26.2. The molecule has 200 valence electrons. The van der Waals surface area contributed by atoms with Gasteiger partial charge in [-0.25, -0.2) is 18.0 Å². The van der Waals surface area contributed by atoms with Gasteiger partial charge in [-0.2, -0.15) is 0 Å². The van der Waals surface area contributed by atoms with Crippen LogP contribution < -0.4 is 10.6 Å². The molecule has 3 aromatic rings. The van der Waals surface area contributed by atoms with Gasteiger partial charge in [0, 0.05) is 61.9 Å². The van der Waals surface area contributed by atoms with Gasteiger partial charge in [0.1, 0.15) is 23.1 Å². The normalized spacial score (nSPS) is 23.4. The molecule has 0 saturated carbocycles. The molecule has 2 fully saturated rings. The number of benzene rings is 3. The second-order valence-corrected chi connectivity index (χ2v) is 10.4. The highest BCUT2D eigenvalue weighted by atomic mass is 19.1. The maximum atomic E-state index is 14.8. The number of likely N-dealkylation sites (tertiary alicyclic amines) is 2. The number of carbonyl (C=O) groups is 1. The van der Waals surface area contributed by atoms with Gasteiger partial charge in [0.05, 0.1) is 0 Å². The maximum Gasteiger partial charge on any atom is 0.321 e. The van der Waals surface area contributed by atoms with Crippen molar-refractivity contribution < 1.29 is 23.1 Å². The number of urea groups is 1. The van der Waals surface area contributed by atoms with Gasteiger partial charge in [-0.05, 0) is 49.0 Å². The summed E-state index contributed by atoms with van der Waals surface area (Å²) in [5, 5.41) is 17.6. The molecule has 5 rings (SSSR count). The Morgan fingerprint density at radius 2 is 1.58 bits per heavy atom. The van der Waals surface area contributed by atoms with E-state index in [4.69, 9.17) is 0 Å². The number of carbonyl (C=O) groups excluding carboxylic acids is 1. The molecule has 9 heteroatoms. The quantitative estimate of drug-likeness (QED) is 0.463. The third-order valence-electron chi connectivity index (χ3n) is 7.66. The van der Waals surface area contributed by atoms with Gasteiger partial charge < -0.3 is 25.5 Å². The second kappa shape index (κ2) is 10.4. The molecule has 3 aromatic carbocycles. The van der Waals surface area contributed by atoms with Gasteiger partial charge in [0.25, 0.3) is 0 Å². The Labute approximate surface area is 220 Å². The highest BCUT2D eigenvalue weighted by Crippen LogP contribution is 2.45. The fourth-order valence-corrected chi connectivity index (χ4v) is 5.93. The number of fused-ring (bicyclic) bond motifs is 2. The van der Waals surface area contributed by atoms with E-state index in [9.17, 15) is 23.1 Å². The molecule has 2 amide bonds. The van der Waals surface area contributed by atoms with Crippen molar-refractivity contribution in [3.63, 3.8) is 0 Å². The molecule has 2 aliphatic rings. The van der Waals surface area contributed by atoms with Crippen molar-refractivity contribution in [3.05, 3.63) is 89.2 Å². The van der Waals surface area contributed by atoms with E-state index >= 15 is 0 Å². The number of hydrogen-bond acceptors (Lipinski definition) is 4. The molecule has 0 unspecified atom stereocenters. The molecule has 0 aromatic heterocycles. The van der Waals surface area contributed by atoms with E-state index in [1.54, 1.807) is 11.0 Å². The number of halogens is 3. The zero-order valence-electron chi connectivity index (χ0n) is 21.3. The molecule has 6 nitrogen and oxygen atoms in total. The predicted octanol–water partition coefficient (Wildman–Crippen LogP) is 4.40. The number of hydrogen-bond donors (Lipinski definition) is 3. The molecular formula is C29H31F3N4O2. The zero-order valence-corrected chi connectivity index (χ0v) is 21.3. The highest BCUT2D eigenvalue weighted by molar-refractivity contribution is 5.89. The fraction of sp³-hybridized carbons (Fsp3) is 0.345. The third kappa shape index (κ3) is 5.01. The van der Waals surface area contributed by atoms with Crippen LogP contribution in [0.4, 0.5) is 23.7 Å². The van der Waals surface area contributed by atoms with Crippen LogP contribution >= 0.6 is 0 Å². The highest BCUT2D eigenvalue weighted by Gasteiger charge is 2.53. The molecule has 2 aliphatic heterocycles. The number of aliphatic hydroxyl groups is 1. The number of anilines is 1. The molecule has 2 heterocycles. The number of piperidine rings is 2. The summed E-state index contributed by atoms with van der Waals surface area (Å²) in [7, 11) is 3.79. The van der Waals surface area contributed by atoms with Crippen molar-refractivity contribution >= 4 is 11.7 Å². The van der Waals surface area contributed by atoms with Gasteiger partial charge in [-0.3, -0.25) is 0 Å². The fourth-order valence-electron chi connectivity index (χ4n) is 5.93. The van der Waals surface area contributed by atoms with Crippen LogP contribution in [-0.4, -0.2) is 61.2 Å². The van der Waals surface area contributed by atoms with Crippen molar-refractivity contribution in [2.45, 2.75) is 12.1 Å². The Kier molecular flexibility index (Phi) is 7.17. The summed E-state index contributed by atoms with van der Waals surface area (Å²) in [6.45, 7) is 2.24. The zero-order chi connectivity index (χ0) is 27.0. The Hall–Kier alpha value is -3.40. The molecule has 2 saturated heterocycles. The van der Waals surface area contributed by atoms with Crippen molar-refractivity contribution in [3.8, 4) is 11.1 Å². The Morgan fingerprint density at radius 1 is 0.947 bits per heavy atom. The lowest BCUT2D eigenvalue weighted by Crippen LogP contribution is -2.65. The van der Waals surface area contributed by atoms with Crippen LogP contribution in [0.2, 0.25) is 0 Å². The summed E-state index contributed by atoms with van der Waals surface area (Å²) in [4.78, 5) is 16.7. The largest absolute Gasteiger partial charge is 0.384 e. The standard InChI is InChI=1S/C29H31F3N4O2/c1-33-13-18-3-8-26(27(32)9-18)19-4-6-20(7-5-19)29(38)21-14-35(2)15-22(29)17-36(16-21)28(37)34-25-11-23(30)10-24(31)12-25/h3-12,21-22,33,38H,13-17H2,1-2H3,(H,34,37)/t21-,22+,29+. The lowest BCUT2D eigenvalue weighted by atomic mass is 9.66. The third-order valence-corrected chi connectivity index (χ3v) is 7.66. The Balaban J connectivity index is 1.36. The van der Waals surface area contributed by atoms with Gasteiger partial charge in [-0.15, -0.1) is 0 Å². The number of rotatable bonds is 5. The number of amides is 2. The average molecular weight is 525 g/mol. The number of nitrogens with one attached hydrogen (secondary N) is 2. The van der Waals surface area contributed by atoms with Crippen LogP contribution in [0, 0.1) is 29.3 Å². The maximum absolute atomic E-state index is 14.8. The van der Waals surface area contributed by atoms with Gasteiger partial charge in [-0.1, -0.05) is 36.4 Å². The minimum atomic E-state index is -1.18. The average Bonchev–Trinajstić information content (AvgIpc) is 2.84. The predicted molar refractivity (Wildman–Crippen MR) is 140 cm³/mol. The summed E-state index contributed by atoms with van der Waals surface area (Å²) in [6, 6.07) is 14.9. The summed E-state index contributed by atoms with van der Waals surface area (Å²) in [6.07, 6.45) is 0. The first-order valence-electron chi connectivity index (χ1n) is 12.6. The van der Waals surface area contributed by atoms with E-state index in [-0.39, 0.29) is 36.4 Å². The minimum Gasteiger partial charge on any atom is -0.384 e. The van der Waals surface area contributed by atoms with E-state index in [2.05, 4.69) is 15.5 Å². The van der Waals surface area contributed by atoms with Crippen molar-refractivity contribution in [1.29, 1.82) is 0 Å². The summed E-state index contributed by atoms with van der Waals surface area (Å²) in [5.41, 5.74) is 1.65. The summed E-state index contributed by atoms with van der Waals surface area (Å²) in [5.74, 6) is -2.44. The summed E-state index contributed by atoms with van der Waals surface area (Å²) < 4.78 is 41.9. The molecule has 3 N–H and O–H groups in total. The molecule has 38 heavy (non-hydrogen) atoms. The number of nitrogens with zero attached hydrogens (tertiary/aromatic N) is 2. The Morgan fingerprint density at radius 3 is 2.16 bits per heavy atom. The van der Waals surface area contributed by atoms with Crippen LogP contribution in [-0.2, 0) is 12.1 Å². The molecular weight excluding hydrogens is 493 g/mol. The van der Waals surface area contributed by atoms with Gasteiger partial charge >= 0.3 is 6.03 Å². The summed E-state index contributed by atoms with van der Waals surface area (Å²) >= 11 is 0. The van der Waals surface area contributed by atoms with Crippen LogP contribution in [0.15, 0.2) is 60.7 Å². The second-order valence-electron chi connectivity index (χ2n) is 10.4. The van der Waals surface area contributed by atoms with E-state index < -0.39 is 23.3 Å². The van der Waals surface area contributed by atoms with Crippen LogP contribution in [0.5, 0.6) is 0 Å². The van der Waals surface area contributed by atoms with Crippen LogP contribution in [0.3, 0.4) is 0 Å². The van der Waals surface area contributed by atoms with E-state index in [0.29, 0.717) is 30.8 Å². The van der Waals surface area contributed by atoms with E-state index in [1.807, 2.05) is 44.4 Å². The SMILES string of the molecule is CNCc1ccc(-c2ccc([C@]3(O)[C@@H]4CN(C)C[C@H]3CN(C(=O)Nc3cc(F)cc(F)c3)C4)cc2)c(F)c1.